The highest BCUT2D eigenvalue weighted by molar-refractivity contribution is 7.26. The van der Waals surface area contributed by atoms with Gasteiger partial charge in [-0.25, -0.2) is 4.98 Å². The molecule has 0 aliphatic rings. The van der Waals surface area contributed by atoms with Crippen LogP contribution in [0.1, 0.15) is 0 Å². The quantitative estimate of drug-likeness (QED) is 0.186. The van der Waals surface area contributed by atoms with Crippen LogP contribution in [0.5, 0.6) is 0 Å². The van der Waals surface area contributed by atoms with E-state index in [0.717, 1.165) is 59.8 Å². The fourth-order valence-corrected chi connectivity index (χ4v) is 9.09. The third-order valence-corrected chi connectivity index (χ3v) is 11.4. The van der Waals surface area contributed by atoms with E-state index in [2.05, 4.69) is 157 Å². The highest BCUT2D eigenvalue weighted by Crippen LogP contribution is 2.44. The van der Waals surface area contributed by atoms with E-state index in [1.165, 1.54) is 31.3 Å². The number of thiophene rings is 1. The standard InChI is InChI=1S/C43H26N2OS2/c1-3-10-28(11-4-1)43-44-41-39(48-43)25-24-37-40(41)35-26-31(22-23-36(35)46-37)45(29-12-5-2-6-13-29)30-20-18-27(19-21-30)32-15-9-16-34-33-14-7-8-17-38(33)47-42(32)34/h1-26H. The maximum absolute atomic E-state index is 6.39. The van der Waals surface area contributed by atoms with Crippen molar-refractivity contribution >= 4 is 92.1 Å². The average Bonchev–Trinajstić information content (AvgIpc) is 3.86. The van der Waals surface area contributed by atoms with Crippen LogP contribution in [0.3, 0.4) is 0 Å². The molecule has 0 radical (unpaired) electrons. The van der Waals surface area contributed by atoms with E-state index in [1.807, 2.05) is 17.4 Å². The van der Waals surface area contributed by atoms with Gasteiger partial charge in [-0.15, -0.1) is 22.7 Å². The van der Waals surface area contributed by atoms with Crippen molar-refractivity contribution in [3.8, 4) is 21.7 Å². The maximum Gasteiger partial charge on any atom is 0.137 e. The Morgan fingerprint density at radius 3 is 2.04 bits per heavy atom. The molecule has 0 amide bonds. The number of furan rings is 1. The third-order valence-electron chi connectivity index (χ3n) is 9.11. The van der Waals surface area contributed by atoms with Crippen LogP contribution in [0.25, 0.3) is 74.0 Å². The molecule has 0 spiro atoms. The first-order valence-electron chi connectivity index (χ1n) is 16.0. The fourth-order valence-electron chi connectivity index (χ4n) is 6.87. The lowest BCUT2D eigenvalue weighted by molar-refractivity contribution is 0.669. The van der Waals surface area contributed by atoms with Crippen molar-refractivity contribution in [3.05, 3.63) is 158 Å². The molecule has 10 rings (SSSR count). The van der Waals surface area contributed by atoms with Crippen molar-refractivity contribution in [2.45, 2.75) is 0 Å². The van der Waals surface area contributed by atoms with E-state index in [4.69, 9.17) is 9.40 Å². The van der Waals surface area contributed by atoms with Crippen LogP contribution in [0.15, 0.2) is 162 Å². The highest BCUT2D eigenvalue weighted by Gasteiger charge is 2.19. The van der Waals surface area contributed by atoms with Crippen molar-refractivity contribution in [1.29, 1.82) is 0 Å². The first-order valence-corrected chi connectivity index (χ1v) is 17.6. The molecular weight excluding hydrogens is 625 g/mol. The molecule has 0 unspecified atom stereocenters. The lowest BCUT2D eigenvalue weighted by Crippen LogP contribution is -2.09. The van der Waals surface area contributed by atoms with Gasteiger partial charge in [0.25, 0.3) is 0 Å². The Bertz CT molecular complexity index is 2780. The third kappa shape index (κ3) is 4.36. The summed E-state index contributed by atoms with van der Waals surface area (Å²) < 4.78 is 10.2. The predicted molar refractivity (Wildman–Crippen MR) is 205 cm³/mol. The summed E-state index contributed by atoms with van der Waals surface area (Å²) in [6.07, 6.45) is 0. The molecule has 0 aliphatic heterocycles. The molecule has 0 atom stereocenters. The first kappa shape index (κ1) is 27.4. The van der Waals surface area contributed by atoms with Crippen LogP contribution < -0.4 is 4.90 Å². The van der Waals surface area contributed by atoms with E-state index in [-0.39, 0.29) is 0 Å². The zero-order chi connectivity index (χ0) is 31.6. The maximum atomic E-state index is 6.39. The minimum Gasteiger partial charge on any atom is -0.456 e. The Morgan fingerprint density at radius 1 is 0.479 bits per heavy atom. The lowest BCUT2D eigenvalue weighted by Gasteiger charge is -2.25. The van der Waals surface area contributed by atoms with Crippen LogP contribution in [0.4, 0.5) is 17.1 Å². The Hall–Kier alpha value is -5.75. The molecule has 3 heterocycles. The van der Waals surface area contributed by atoms with Crippen molar-refractivity contribution in [2.24, 2.45) is 0 Å². The Balaban J connectivity index is 1.11. The van der Waals surface area contributed by atoms with E-state index >= 15 is 0 Å². The van der Waals surface area contributed by atoms with E-state index < -0.39 is 0 Å². The molecule has 0 fully saturated rings. The number of nitrogens with zero attached hydrogens (tertiary/aromatic N) is 2. The van der Waals surface area contributed by atoms with Gasteiger partial charge in [0.05, 0.1) is 15.6 Å². The molecule has 3 aromatic heterocycles. The second-order valence-electron chi connectivity index (χ2n) is 12.0. The zero-order valence-electron chi connectivity index (χ0n) is 25.6. The number of hydrogen-bond acceptors (Lipinski definition) is 5. The van der Waals surface area contributed by atoms with Crippen LogP contribution >= 0.6 is 22.7 Å². The summed E-state index contributed by atoms with van der Waals surface area (Å²) in [6, 6.07) is 56.0. The summed E-state index contributed by atoms with van der Waals surface area (Å²) in [5.74, 6) is 0. The van der Waals surface area contributed by atoms with Gasteiger partial charge in [-0.05, 0) is 71.8 Å². The van der Waals surface area contributed by atoms with Crippen LogP contribution in [0, 0.1) is 0 Å². The number of para-hydroxylation sites is 1. The van der Waals surface area contributed by atoms with Crippen molar-refractivity contribution in [2.75, 3.05) is 4.90 Å². The number of thiazole rings is 1. The molecule has 0 saturated heterocycles. The zero-order valence-corrected chi connectivity index (χ0v) is 27.3. The molecule has 0 bridgehead atoms. The monoisotopic (exact) mass is 650 g/mol. The normalized spacial score (nSPS) is 11.8. The molecule has 0 N–H and O–H groups in total. The molecule has 3 nitrogen and oxygen atoms in total. The molecule has 226 valence electrons. The van der Waals surface area contributed by atoms with Crippen molar-refractivity contribution in [3.63, 3.8) is 0 Å². The molecule has 5 heteroatoms. The Morgan fingerprint density at radius 2 is 1.19 bits per heavy atom. The number of hydrogen-bond donors (Lipinski definition) is 0. The highest BCUT2D eigenvalue weighted by atomic mass is 32.1. The molecule has 0 saturated carbocycles. The minimum atomic E-state index is 0.852. The number of fused-ring (bicyclic) bond motifs is 8. The van der Waals surface area contributed by atoms with Gasteiger partial charge in [0.15, 0.2) is 0 Å². The number of aromatic nitrogens is 1. The largest absolute Gasteiger partial charge is 0.456 e. The van der Waals surface area contributed by atoms with Crippen molar-refractivity contribution in [1.82, 2.24) is 4.98 Å². The van der Waals surface area contributed by atoms with E-state index in [9.17, 15) is 0 Å². The fraction of sp³-hybridized carbons (Fsp3) is 0. The second-order valence-corrected chi connectivity index (χ2v) is 14.0. The minimum absolute atomic E-state index is 0.852. The summed E-state index contributed by atoms with van der Waals surface area (Å²) in [7, 11) is 0. The topological polar surface area (TPSA) is 29.3 Å². The molecule has 10 aromatic rings. The number of benzene rings is 7. The van der Waals surface area contributed by atoms with Gasteiger partial charge in [-0.1, -0.05) is 97.1 Å². The lowest BCUT2D eigenvalue weighted by atomic mass is 10.0. The smallest absolute Gasteiger partial charge is 0.137 e. The Labute approximate surface area is 284 Å². The van der Waals surface area contributed by atoms with E-state index in [1.54, 1.807) is 11.3 Å². The van der Waals surface area contributed by atoms with Crippen molar-refractivity contribution < 1.29 is 4.42 Å². The van der Waals surface area contributed by atoms with Crippen LogP contribution in [0.2, 0.25) is 0 Å². The summed E-state index contributed by atoms with van der Waals surface area (Å²) in [5.41, 5.74) is 9.54. The summed E-state index contributed by atoms with van der Waals surface area (Å²) in [5, 5.41) is 5.77. The Kier molecular flexibility index (Phi) is 6.22. The first-order chi connectivity index (χ1) is 23.8. The average molecular weight is 651 g/mol. The number of rotatable bonds is 5. The van der Waals surface area contributed by atoms with Crippen LogP contribution in [-0.4, -0.2) is 4.98 Å². The molecule has 7 aromatic carbocycles. The SMILES string of the molecule is c1ccc(-c2nc3c(ccc4oc5ccc(N(c6ccccc6)c6ccc(-c7cccc8c7sc7ccccc78)cc6)cc5c43)s2)cc1. The predicted octanol–water partition coefficient (Wildman–Crippen LogP) is 13.4. The molecular formula is C43H26N2OS2. The van der Waals surface area contributed by atoms with Gasteiger partial charge in [0.2, 0.25) is 0 Å². The summed E-state index contributed by atoms with van der Waals surface area (Å²) in [4.78, 5) is 7.46. The number of anilines is 3. The van der Waals surface area contributed by atoms with Gasteiger partial charge < -0.3 is 9.32 Å². The second kappa shape index (κ2) is 10.9. The molecule has 48 heavy (non-hydrogen) atoms. The van der Waals surface area contributed by atoms with Crippen LogP contribution in [-0.2, 0) is 0 Å². The van der Waals surface area contributed by atoms with E-state index in [0.29, 0.717) is 0 Å². The van der Waals surface area contributed by atoms with Gasteiger partial charge in [-0.2, -0.15) is 0 Å². The summed E-state index contributed by atoms with van der Waals surface area (Å²) >= 11 is 3.59. The molecule has 0 aliphatic carbocycles. The summed E-state index contributed by atoms with van der Waals surface area (Å²) in [6.45, 7) is 0. The van der Waals surface area contributed by atoms with Gasteiger partial charge in [-0.3, -0.25) is 0 Å². The van der Waals surface area contributed by atoms with Gasteiger partial charge in [0, 0.05) is 48.2 Å². The van der Waals surface area contributed by atoms with Gasteiger partial charge >= 0.3 is 0 Å². The van der Waals surface area contributed by atoms with Gasteiger partial charge in [0.1, 0.15) is 16.2 Å².